The molecule has 0 spiro atoms. The molecular weight excluding hydrogens is 459 g/mol. The molecule has 5 nitrogen and oxygen atoms in total. The lowest BCUT2D eigenvalue weighted by Gasteiger charge is -2.21. The van der Waals surface area contributed by atoms with Crippen molar-refractivity contribution in [2.24, 2.45) is 5.92 Å². The van der Waals surface area contributed by atoms with Gasteiger partial charge >= 0.3 is 18.5 Å². The largest absolute Gasteiger partial charge is 0.433 e. The maximum absolute atomic E-state index is 13.3. The minimum absolute atomic E-state index is 0.159. The SMILES string of the molecule is CC(C)[C@H](CO)Nc1nc(Nc2ccc(C(F)(F)F)cc2C(F)(F)F)cc(C(F)(F)F)n1. The van der Waals surface area contributed by atoms with Crippen LogP contribution in [0, 0.1) is 5.92 Å². The molecule has 2 aromatic rings. The fourth-order valence-corrected chi connectivity index (χ4v) is 2.51. The third-order valence-electron chi connectivity index (χ3n) is 4.25. The number of hydrogen-bond acceptors (Lipinski definition) is 5. The van der Waals surface area contributed by atoms with Crippen LogP contribution >= 0.6 is 0 Å². The van der Waals surface area contributed by atoms with Crippen molar-refractivity contribution in [3.8, 4) is 0 Å². The lowest BCUT2D eigenvalue weighted by molar-refractivity contribution is -0.143. The first-order chi connectivity index (χ1) is 14.5. The zero-order chi connectivity index (χ0) is 24.5. The number of rotatable bonds is 6. The number of hydrogen-bond donors (Lipinski definition) is 3. The summed E-state index contributed by atoms with van der Waals surface area (Å²) in [5.74, 6) is -1.67. The molecule has 0 saturated carbocycles. The fourth-order valence-electron chi connectivity index (χ4n) is 2.51. The maximum atomic E-state index is 13.3. The second-order valence-electron chi connectivity index (χ2n) is 7.02. The molecule has 0 aliphatic heterocycles. The van der Waals surface area contributed by atoms with Crippen LogP contribution in [0.5, 0.6) is 0 Å². The second kappa shape index (κ2) is 9.00. The third kappa shape index (κ3) is 6.37. The van der Waals surface area contributed by atoms with Gasteiger partial charge in [-0.15, -0.1) is 0 Å². The van der Waals surface area contributed by atoms with Gasteiger partial charge in [0.2, 0.25) is 5.95 Å². The van der Waals surface area contributed by atoms with Crippen LogP contribution in [-0.2, 0) is 18.5 Å². The van der Waals surface area contributed by atoms with Gasteiger partial charge in [0.05, 0.1) is 29.5 Å². The van der Waals surface area contributed by atoms with Crippen LogP contribution < -0.4 is 10.6 Å². The van der Waals surface area contributed by atoms with Gasteiger partial charge in [-0.1, -0.05) is 13.8 Å². The smallest absolute Gasteiger partial charge is 0.394 e. The molecule has 0 unspecified atom stereocenters. The van der Waals surface area contributed by atoms with Gasteiger partial charge in [0.25, 0.3) is 0 Å². The Morgan fingerprint density at radius 2 is 1.50 bits per heavy atom. The standard InChI is InChI=1S/C18H17F9N4O/c1-8(2)12(7-32)29-15-30-13(18(25,26)27)6-14(31-15)28-11-4-3-9(16(19,20)21)5-10(11)17(22,23)24/h3-6,8,12,32H,7H2,1-2H3,(H2,28,29,30,31)/t12-/m0/s1. The Bertz CT molecular complexity index is 940. The van der Waals surface area contributed by atoms with Crippen molar-refractivity contribution in [2.75, 3.05) is 17.2 Å². The highest BCUT2D eigenvalue weighted by Crippen LogP contribution is 2.40. The number of alkyl halides is 9. The summed E-state index contributed by atoms with van der Waals surface area (Å²) in [7, 11) is 0. The van der Waals surface area contributed by atoms with Crippen LogP contribution in [0.2, 0.25) is 0 Å². The van der Waals surface area contributed by atoms with Crippen molar-refractivity contribution in [3.63, 3.8) is 0 Å². The Hall–Kier alpha value is -2.77. The van der Waals surface area contributed by atoms with Crippen LogP contribution in [0.15, 0.2) is 24.3 Å². The zero-order valence-electron chi connectivity index (χ0n) is 16.4. The van der Waals surface area contributed by atoms with Gasteiger partial charge in [0.15, 0.2) is 5.69 Å². The van der Waals surface area contributed by atoms with E-state index in [1.54, 1.807) is 13.8 Å². The molecule has 0 aliphatic carbocycles. The molecule has 178 valence electrons. The Morgan fingerprint density at radius 1 is 0.875 bits per heavy atom. The summed E-state index contributed by atoms with van der Waals surface area (Å²) in [4.78, 5) is 6.94. The molecule has 1 aromatic heterocycles. The van der Waals surface area contributed by atoms with Gasteiger partial charge in [0.1, 0.15) is 5.82 Å². The molecule has 0 saturated heterocycles. The third-order valence-corrected chi connectivity index (χ3v) is 4.25. The van der Waals surface area contributed by atoms with Gasteiger partial charge in [0, 0.05) is 6.07 Å². The molecule has 1 aromatic carbocycles. The van der Waals surface area contributed by atoms with Crippen molar-refractivity contribution in [1.82, 2.24) is 9.97 Å². The highest BCUT2D eigenvalue weighted by atomic mass is 19.4. The van der Waals surface area contributed by atoms with E-state index >= 15 is 0 Å². The van der Waals surface area contributed by atoms with Crippen LogP contribution in [-0.4, -0.2) is 27.7 Å². The first-order valence-corrected chi connectivity index (χ1v) is 8.91. The number of benzene rings is 1. The van der Waals surface area contributed by atoms with E-state index in [0.29, 0.717) is 18.2 Å². The van der Waals surface area contributed by atoms with Gasteiger partial charge in [-0.25, -0.2) is 4.98 Å². The highest BCUT2D eigenvalue weighted by Gasteiger charge is 2.39. The zero-order valence-corrected chi connectivity index (χ0v) is 16.4. The van der Waals surface area contributed by atoms with Gasteiger partial charge in [-0.3, -0.25) is 0 Å². The predicted octanol–water partition coefficient (Wildman–Crippen LogP) is 5.71. The summed E-state index contributed by atoms with van der Waals surface area (Å²) in [6.07, 6.45) is -15.3. The molecule has 1 atom stereocenters. The van der Waals surface area contributed by atoms with Crippen molar-refractivity contribution in [2.45, 2.75) is 38.4 Å². The van der Waals surface area contributed by atoms with Crippen molar-refractivity contribution < 1.29 is 44.6 Å². The molecule has 0 bridgehead atoms. The highest BCUT2D eigenvalue weighted by molar-refractivity contribution is 5.63. The Labute approximate surface area is 175 Å². The molecule has 32 heavy (non-hydrogen) atoms. The number of nitrogens with zero attached hydrogens (tertiary/aromatic N) is 2. The van der Waals surface area contributed by atoms with E-state index in [9.17, 15) is 44.6 Å². The van der Waals surface area contributed by atoms with Gasteiger partial charge in [-0.2, -0.15) is 44.5 Å². The van der Waals surface area contributed by atoms with E-state index in [1.807, 2.05) is 5.32 Å². The van der Waals surface area contributed by atoms with E-state index in [0.717, 1.165) is 0 Å². The van der Waals surface area contributed by atoms with Crippen LogP contribution in [0.25, 0.3) is 0 Å². The van der Waals surface area contributed by atoms with Crippen LogP contribution in [0.1, 0.15) is 30.7 Å². The van der Waals surface area contributed by atoms with E-state index in [-0.39, 0.29) is 12.0 Å². The summed E-state index contributed by atoms with van der Waals surface area (Å²) in [6, 6.07) is 0.172. The van der Waals surface area contributed by atoms with E-state index < -0.39 is 65.5 Å². The summed E-state index contributed by atoms with van der Waals surface area (Å²) in [6.45, 7) is 2.77. The van der Waals surface area contributed by atoms with E-state index in [1.165, 1.54) is 0 Å². The first kappa shape index (κ1) is 25.5. The number of aliphatic hydroxyl groups excluding tert-OH is 1. The Morgan fingerprint density at radius 3 is 1.97 bits per heavy atom. The van der Waals surface area contributed by atoms with E-state index in [2.05, 4.69) is 15.3 Å². The van der Waals surface area contributed by atoms with Crippen molar-refractivity contribution >= 4 is 17.5 Å². The lowest BCUT2D eigenvalue weighted by Crippen LogP contribution is -2.30. The summed E-state index contributed by atoms with van der Waals surface area (Å²) in [5, 5.41) is 13.8. The Balaban J connectivity index is 2.55. The summed E-state index contributed by atoms with van der Waals surface area (Å²) >= 11 is 0. The fraction of sp³-hybridized carbons (Fsp3) is 0.444. The Kier molecular flexibility index (Phi) is 7.17. The lowest BCUT2D eigenvalue weighted by atomic mass is 10.1. The van der Waals surface area contributed by atoms with Crippen LogP contribution in [0.4, 0.5) is 57.0 Å². The maximum Gasteiger partial charge on any atom is 0.433 e. The molecule has 2 rings (SSSR count). The minimum atomic E-state index is -5.25. The first-order valence-electron chi connectivity index (χ1n) is 8.91. The predicted molar refractivity (Wildman–Crippen MR) is 96.1 cm³/mol. The molecule has 0 aliphatic rings. The molecular formula is C18H17F9N4O. The molecule has 0 amide bonds. The topological polar surface area (TPSA) is 70.1 Å². The van der Waals surface area contributed by atoms with Crippen LogP contribution in [0.3, 0.4) is 0 Å². The molecule has 1 heterocycles. The van der Waals surface area contributed by atoms with Gasteiger partial charge in [-0.05, 0) is 24.1 Å². The van der Waals surface area contributed by atoms with Crippen molar-refractivity contribution in [1.29, 1.82) is 0 Å². The normalized spacial score (nSPS) is 13.9. The summed E-state index contributed by atoms with van der Waals surface area (Å²) in [5.41, 5.74) is -5.78. The minimum Gasteiger partial charge on any atom is -0.394 e. The molecule has 14 heteroatoms. The quantitative estimate of drug-likeness (QED) is 0.467. The number of nitrogens with one attached hydrogen (secondary N) is 2. The molecule has 0 radical (unpaired) electrons. The number of aromatic nitrogens is 2. The van der Waals surface area contributed by atoms with E-state index in [4.69, 9.17) is 0 Å². The molecule has 0 fully saturated rings. The average molecular weight is 476 g/mol. The number of anilines is 3. The number of halogens is 9. The molecule has 3 N–H and O–H groups in total. The van der Waals surface area contributed by atoms with Crippen molar-refractivity contribution in [3.05, 3.63) is 41.1 Å². The number of aliphatic hydroxyl groups is 1. The second-order valence-corrected chi connectivity index (χ2v) is 7.02. The summed E-state index contributed by atoms with van der Waals surface area (Å²) < 4.78 is 118. The average Bonchev–Trinajstić information content (AvgIpc) is 2.63. The van der Waals surface area contributed by atoms with Gasteiger partial charge < -0.3 is 15.7 Å². The monoisotopic (exact) mass is 476 g/mol.